The number of anilines is 1. The fourth-order valence-corrected chi connectivity index (χ4v) is 1.94. The highest BCUT2D eigenvalue weighted by atomic mass is 19.1. The van der Waals surface area contributed by atoms with E-state index in [1.54, 1.807) is 36.2 Å². The standard InChI is InChI=1S/C15H16F2N2/c1-19(14-4-2-3-13(16)8-14)10-12-7-11(9-18)5-6-15(12)17/h2-8H,9-10,18H2,1H3. The zero-order valence-electron chi connectivity index (χ0n) is 10.7. The van der Waals surface area contributed by atoms with Gasteiger partial charge in [-0.2, -0.15) is 0 Å². The summed E-state index contributed by atoms with van der Waals surface area (Å²) in [4.78, 5) is 1.79. The zero-order valence-corrected chi connectivity index (χ0v) is 10.7. The lowest BCUT2D eigenvalue weighted by Gasteiger charge is -2.20. The molecule has 0 saturated heterocycles. The van der Waals surface area contributed by atoms with Crippen molar-refractivity contribution in [2.75, 3.05) is 11.9 Å². The molecule has 2 rings (SSSR count). The average Bonchev–Trinajstić information content (AvgIpc) is 2.41. The Morgan fingerprint density at radius 2 is 1.89 bits per heavy atom. The molecule has 0 aliphatic rings. The van der Waals surface area contributed by atoms with Gasteiger partial charge in [-0.05, 0) is 35.9 Å². The van der Waals surface area contributed by atoms with Gasteiger partial charge in [0.15, 0.2) is 0 Å². The first-order valence-corrected chi connectivity index (χ1v) is 6.04. The molecule has 19 heavy (non-hydrogen) atoms. The molecule has 2 aromatic carbocycles. The minimum atomic E-state index is -0.305. The molecular weight excluding hydrogens is 246 g/mol. The van der Waals surface area contributed by atoms with Gasteiger partial charge in [-0.15, -0.1) is 0 Å². The molecule has 0 atom stereocenters. The van der Waals surface area contributed by atoms with Crippen LogP contribution in [0.25, 0.3) is 0 Å². The van der Waals surface area contributed by atoms with Gasteiger partial charge in [0.2, 0.25) is 0 Å². The molecule has 0 aliphatic heterocycles. The lowest BCUT2D eigenvalue weighted by Crippen LogP contribution is -2.17. The molecule has 0 heterocycles. The Balaban J connectivity index is 2.21. The van der Waals surface area contributed by atoms with Crippen LogP contribution in [0, 0.1) is 11.6 Å². The van der Waals surface area contributed by atoms with Crippen LogP contribution >= 0.6 is 0 Å². The molecule has 0 radical (unpaired) electrons. The highest BCUT2D eigenvalue weighted by molar-refractivity contribution is 5.46. The second-order valence-corrected chi connectivity index (χ2v) is 4.47. The van der Waals surface area contributed by atoms with E-state index >= 15 is 0 Å². The van der Waals surface area contributed by atoms with E-state index in [1.807, 2.05) is 0 Å². The van der Waals surface area contributed by atoms with Gasteiger partial charge >= 0.3 is 0 Å². The summed E-state index contributed by atoms with van der Waals surface area (Å²) in [7, 11) is 1.79. The maximum atomic E-state index is 13.7. The number of hydrogen-bond acceptors (Lipinski definition) is 2. The predicted octanol–water partition coefficient (Wildman–Crippen LogP) is 3.06. The smallest absolute Gasteiger partial charge is 0.128 e. The van der Waals surface area contributed by atoms with Crippen LogP contribution in [0.5, 0.6) is 0 Å². The molecule has 2 N–H and O–H groups in total. The van der Waals surface area contributed by atoms with E-state index < -0.39 is 0 Å². The molecular formula is C15H16F2N2. The Morgan fingerprint density at radius 1 is 1.11 bits per heavy atom. The molecule has 0 amide bonds. The van der Waals surface area contributed by atoms with Crippen LogP contribution in [0.2, 0.25) is 0 Å². The monoisotopic (exact) mass is 262 g/mol. The largest absolute Gasteiger partial charge is 0.370 e. The molecule has 100 valence electrons. The SMILES string of the molecule is CN(Cc1cc(CN)ccc1F)c1cccc(F)c1. The summed E-state index contributed by atoms with van der Waals surface area (Å²) in [5.41, 5.74) is 7.68. The summed E-state index contributed by atoms with van der Waals surface area (Å²) in [6.07, 6.45) is 0. The van der Waals surface area contributed by atoms with Crippen LogP contribution in [-0.4, -0.2) is 7.05 Å². The molecule has 4 heteroatoms. The second kappa shape index (κ2) is 5.80. The van der Waals surface area contributed by atoms with Crippen LogP contribution in [0.1, 0.15) is 11.1 Å². The van der Waals surface area contributed by atoms with E-state index in [1.165, 1.54) is 18.2 Å². The third-order valence-corrected chi connectivity index (χ3v) is 3.00. The minimum Gasteiger partial charge on any atom is -0.370 e. The van der Waals surface area contributed by atoms with E-state index in [2.05, 4.69) is 0 Å². The Morgan fingerprint density at radius 3 is 2.58 bits per heavy atom. The van der Waals surface area contributed by atoms with Gasteiger partial charge in [-0.25, -0.2) is 8.78 Å². The lowest BCUT2D eigenvalue weighted by atomic mass is 10.1. The molecule has 2 nitrogen and oxygen atoms in total. The minimum absolute atomic E-state index is 0.277. The summed E-state index contributed by atoms with van der Waals surface area (Å²) in [6.45, 7) is 0.736. The van der Waals surface area contributed by atoms with Crippen molar-refractivity contribution in [3.05, 3.63) is 65.2 Å². The van der Waals surface area contributed by atoms with Crippen molar-refractivity contribution in [1.82, 2.24) is 0 Å². The summed E-state index contributed by atoms with van der Waals surface area (Å²) in [6, 6.07) is 11.0. The van der Waals surface area contributed by atoms with Crippen molar-refractivity contribution in [1.29, 1.82) is 0 Å². The fraction of sp³-hybridized carbons (Fsp3) is 0.200. The van der Waals surface area contributed by atoms with E-state index in [9.17, 15) is 8.78 Å². The molecule has 0 spiro atoms. The van der Waals surface area contributed by atoms with Crippen LogP contribution < -0.4 is 10.6 Å². The van der Waals surface area contributed by atoms with Gasteiger partial charge in [0, 0.05) is 31.4 Å². The van der Waals surface area contributed by atoms with Crippen molar-refractivity contribution in [3.8, 4) is 0 Å². The first-order chi connectivity index (χ1) is 9.10. The molecule has 0 unspecified atom stereocenters. The normalized spacial score (nSPS) is 10.5. The molecule has 0 aromatic heterocycles. The number of benzene rings is 2. The van der Waals surface area contributed by atoms with E-state index in [0.29, 0.717) is 24.3 Å². The molecule has 0 bridgehead atoms. The molecule has 2 aromatic rings. The number of halogens is 2. The van der Waals surface area contributed by atoms with Crippen LogP contribution in [0.3, 0.4) is 0 Å². The second-order valence-electron chi connectivity index (χ2n) is 4.47. The third-order valence-electron chi connectivity index (χ3n) is 3.00. The number of rotatable bonds is 4. The number of nitrogens with zero attached hydrogens (tertiary/aromatic N) is 1. The van der Waals surface area contributed by atoms with E-state index in [0.717, 1.165) is 5.56 Å². The maximum absolute atomic E-state index is 13.7. The highest BCUT2D eigenvalue weighted by Crippen LogP contribution is 2.18. The van der Waals surface area contributed by atoms with Gasteiger partial charge in [0.25, 0.3) is 0 Å². The molecule has 0 fully saturated rings. The van der Waals surface area contributed by atoms with Crippen molar-refractivity contribution in [2.24, 2.45) is 5.73 Å². The van der Waals surface area contributed by atoms with E-state index in [4.69, 9.17) is 5.73 Å². The highest BCUT2D eigenvalue weighted by Gasteiger charge is 2.08. The summed E-state index contributed by atoms with van der Waals surface area (Å²) < 4.78 is 26.9. The van der Waals surface area contributed by atoms with Crippen molar-refractivity contribution in [2.45, 2.75) is 13.1 Å². The number of nitrogens with two attached hydrogens (primary N) is 1. The molecule has 0 saturated carbocycles. The lowest BCUT2D eigenvalue weighted by molar-refractivity contribution is 0.606. The average molecular weight is 262 g/mol. The van der Waals surface area contributed by atoms with Gasteiger partial charge in [0.1, 0.15) is 11.6 Å². The van der Waals surface area contributed by atoms with Crippen molar-refractivity contribution in [3.63, 3.8) is 0 Å². The topological polar surface area (TPSA) is 29.3 Å². The van der Waals surface area contributed by atoms with Crippen molar-refractivity contribution >= 4 is 5.69 Å². The Bertz CT molecular complexity index is 570. The predicted molar refractivity (Wildman–Crippen MR) is 72.8 cm³/mol. The van der Waals surface area contributed by atoms with Crippen molar-refractivity contribution < 1.29 is 8.78 Å². The molecule has 0 aliphatic carbocycles. The number of hydrogen-bond donors (Lipinski definition) is 1. The Kier molecular flexibility index (Phi) is 4.12. The quantitative estimate of drug-likeness (QED) is 0.917. The zero-order chi connectivity index (χ0) is 13.8. The fourth-order valence-electron chi connectivity index (χ4n) is 1.94. The first-order valence-electron chi connectivity index (χ1n) is 6.04. The third kappa shape index (κ3) is 3.29. The summed E-state index contributed by atoms with van der Waals surface area (Å²) in [5, 5.41) is 0. The Hall–Kier alpha value is -1.94. The van der Waals surface area contributed by atoms with Gasteiger partial charge in [-0.3, -0.25) is 0 Å². The first kappa shape index (κ1) is 13.5. The summed E-state index contributed by atoms with van der Waals surface area (Å²) in [5.74, 6) is -0.582. The van der Waals surface area contributed by atoms with Crippen LogP contribution in [-0.2, 0) is 13.1 Å². The van der Waals surface area contributed by atoms with Gasteiger partial charge < -0.3 is 10.6 Å². The van der Waals surface area contributed by atoms with Crippen LogP contribution in [0.4, 0.5) is 14.5 Å². The van der Waals surface area contributed by atoms with Gasteiger partial charge in [-0.1, -0.05) is 12.1 Å². The van der Waals surface area contributed by atoms with Gasteiger partial charge in [0.05, 0.1) is 0 Å². The maximum Gasteiger partial charge on any atom is 0.128 e. The summed E-state index contributed by atoms with van der Waals surface area (Å²) >= 11 is 0. The van der Waals surface area contributed by atoms with E-state index in [-0.39, 0.29) is 11.6 Å². The Labute approximate surface area is 111 Å². The van der Waals surface area contributed by atoms with Crippen LogP contribution in [0.15, 0.2) is 42.5 Å².